The summed E-state index contributed by atoms with van der Waals surface area (Å²) in [4.78, 5) is 0. The smallest absolute Gasteiger partial charge is 0.399 e. The zero-order valence-electron chi connectivity index (χ0n) is 19.8. The lowest BCUT2D eigenvalue weighted by atomic mass is 9.78. The highest BCUT2D eigenvalue weighted by Crippen LogP contribution is 2.44. The van der Waals surface area contributed by atoms with Gasteiger partial charge in [-0.25, -0.2) is 0 Å². The van der Waals surface area contributed by atoms with Crippen molar-refractivity contribution in [3.63, 3.8) is 0 Å². The number of allylic oxidation sites excluding steroid dienone is 7. The van der Waals surface area contributed by atoms with Crippen molar-refractivity contribution in [1.82, 2.24) is 0 Å². The Balaban J connectivity index is 1.47. The number of rotatable bonds is 4. The van der Waals surface area contributed by atoms with Crippen LogP contribution in [-0.2, 0) is 9.31 Å². The maximum Gasteiger partial charge on any atom is 0.494 e. The fraction of sp³-hybridized carbons (Fsp3) is 0.276. The van der Waals surface area contributed by atoms with Gasteiger partial charge in [-0.2, -0.15) is 0 Å². The molecule has 4 heteroatoms. The standard InChI is InChI=1S/C29H30BNO2/c1-28(2)29(3,4)33-30(32-28)22-16-14-21(15-17-22)24(18-20-10-6-5-7-11-20)26-19-25(26)23-12-8-9-13-27(23)31/h5-7,9-11,13-19,31H,8,12H2,1-4H3/b24-18+,25-23-,31-27?. The lowest BCUT2D eigenvalue weighted by Gasteiger charge is -2.32. The predicted octanol–water partition coefficient (Wildman–Crippen LogP) is 6.13. The summed E-state index contributed by atoms with van der Waals surface area (Å²) >= 11 is 0. The molecule has 2 aromatic rings. The topological polar surface area (TPSA) is 42.3 Å². The Morgan fingerprint density at radius 3 is 2.24 bits per heavy atom. The second-order valence-electron chi connectivity index (χ2n) is 9.98. The molecule has 3 nitrogen and oxygen atoms in total. The third kappa shape index (κ3) is 4.21. The average Bonchev–Trinajstić information content (AvgIpc) is 3.54. The van der Waals surface area contributed by atoms with Crippen molar-refractivity contribution in [2.45, 2.75) is 51.7 Å². The lowest BCUT2D eigenvalue weighted by molar-refractivity contribution is 0.00578. The van der Waals surface area contributed by atoms with Crippen LogP contribution in [0.15, 0.2) is 89.5 Å². The molecule has 5 rings (SSSR count). The van der Waals surface area contributed by atoms with E-state index in [0.29, 0.717) is 5.71 Å². The van der Waals surface area contributed by atoms with E-state index in [2.05, 4.69) is 94.5 Å². The Labute approximate surface area is 197 Å². The maximum atomic E-state index is 8.34. The predicted molar refractivity (Wildman–Crippen MR) is 138 cm³/mol. The van der Waals surface area contributed by atoms with E-state index in [9.17, 15) is 0 Å². The summed E-state index contributed by atoms with van der Waals surface area (Å²) in [5.74, 6) is 0. The monoisotopic (exact) mass is 435 g/mol. The Morgan fingerprint density at radius 2 is 1.61 bits per heavy atom. The van der Waals surface area contributed by atoms with Crippen molar-refractivity contribution in [2.75, 3.05) is 0 Å². The van der Waals surface area contributed by atoms with Gasteiger partial charge in [0.25, 0.3) is 0 Å². The van der Waals surface area contributed by atoms with Crippen molar-refractivity contribution in [1.29, 1.82) is 5.41 Å². The SMILES string of the molecule is CC1(C)OB(c2ccc(/C(=C\c3ccccc3)C3=C/C3=C3\CCC=CC3=N)cc2)OC1(C)C. The molecule has 1 saturated heterocycles. The molecule has 0 radical (unpaired) electrons. The van der Waals surface area contributed by atoms with E-state index in [1.54, 1.807) is 0 Å². The molecule has 2 aromatic carbocycles. The zero-order chi connectivity index (χ0) is 23.2. The normalized spacial score (nSPS) is 23.6. The molecule has 0 atom stereocenters. The van der Waals surface area contributed by atoms with Crippen LogP contribution in [0.2, 0.25) is 0 Å². The minimum Gasteiger partial charge on any atom is -0.399 e. The zero-order valence-corrected chi connectivity index (χ0v) is 19.8. The molecule has 0 spiro atoms. The molecular formula is C29H30BNO2. The van der Waals surface area contributed by atoms with Crippen LogP contribution < -0.4 is 5.46 Å². The van der Waals surface area contributed by atoms with Crippen LogP contribution in [0.1, 0.15) is 51.7 Å². The molecule has 0 aromatic heterocycles. The summed E-state index contributed by atoms with van der Waals surface area (Å²) in [5.41, 5.74) is 8.07. The molecule has 0 amide bonds. The summed E-state index contributed by atoms with van der Waals surface area (Å²) in [6.07, 6.45) is 10.4. The Bertz CT molecular complexity index is 1200. The number of hydrogen-bond acceptors (Lipinski definition) is 3. The fourth-order valence-electron chi connectivity index (χ4n) is 4.36. The maximum absolute atomic E-state index is 8.34. The van der Waals surface area contributed by atoms with Crippen LogP contribution in [0.3, 0.4) is 0 Å². The second kappa shape index (κ2) is 8.12. The van der Waals surface area contributed by atoms with Gasteiger partial charge in [-0.1, -0.05) is 60.7 Å². The minimum absolute atomic E-state index is 0.354. The Morgan fingerprint density at radius 1 is 0.939 bits per heavy atom. The van der Waals surface area contributed by atoms with E-state index in [-0.39, 0.29) is 18.3 Å². The molecule has 166 valence electrons. The van der Waals surface area contributed by atoms with Gasteiger partial charge in [0.1, 0.15) is 0 Å². The van der Waals surface area contributed by atoms with Gasteiger partial charge in [0, 0.05) is 0 Å². The number of nitrogens with one attached hydrogen (secondary N) is 1. The van der Waals surface area contributed by atoms with Gasteiger partial charge in [-0.3, -0.25) is 0 Å². The molecule has 1 heterocycles. The molecule has 33 heavy (non-hydrogen) atoms. The van der Waals surface area contributed by atoms with Gasteiger partial charge in [-0.15, -0.1) is 0 Å². The van der Waals surface area contributed by atoms with Crippen molar-refractivity contribution < 1.29 is 9.31 Å². The molecular weight excluding hydrogens is 405 g/mol. The Hall–Kier alpha value is -2.95. The summed E-state index contributed by atoms with van der Waals surface area (Å²) in [6.45, 7) is 8.31. The highest BCUT2D eigenvalue weighted by molar-refractivity contribution is 6.62. The Kier molecular flexibility index (Phi) is 5.39. The van der Waals surface area contributed by atoms with Gasteiger partial charge < -0.3 is 14.7 Å². The molecule has 1 aliphatic heterocycles. The highest BCUT2D eigenvalue weighted by atomic mass is 16.7. The molecule has 0 unspecified atom stereocenters. The lowest BCUT2D eigenvalue weighted by Crippen LogP contribution is -2.41. The van der Waals surface area contributed by atoms with Crippen molar-refractivity contribution >= 4 is 29.9 Å². The van der Waals surface area contributed by atoms with E-state index in [4.69, 9.17) is 14.7 Å². The number of benzene rings is 2. The third-order valence-electron chi connectivity index (χ3n) is 7.14. The molecule has 1 N–H and O–H groups in total. The summed E-state index contributed by atoms with van der Waals surface area (Å²) in [6, 6.07) is 18.9. The first-order valence-corrected chi connectivity index (χ1v) is 11.7. The van der Waals surface area contributed by atoms with Crippen molar-refractivity contribution in [2.24, 2.45) is 0 Å². The first-order valence-electron chi connectivity index (χ1n) is 11.7. The van der Waals surface area contributed by atoms with Gasteiger partial charge in [0.2, 0.25) is 0 Å². The van der Waals surface area contributed by atoms with Crippen LogP contribution >= 0.6 is 0 Å². The van der Waals surface area contributed by atoms with Crippen LogP contribution in [0.4, 0.5) is 0 Å². The van der Waals surface area contributed by atoms with Crippen LogP contribution in [0.25, 0.3) is 11.6 Å². The molecule has 2 aliphatic carbocycles. The number of hydrogen-bond donors (Lipinski definition) is 1. The second-order valence-corrected chi connectivity index (χ2v) is 9.98. The summed E-state index contributed by atoms with van der Waals surface area (Å²) < 4.78 is 12.5. The first-order chi connectivity index (χ1) is 15.7. The van der Waals surface area contributed by atoms with Crippen molar-refractivity contribution in [3.8, 4) is 0 Å². The molecule has 3 aliphatic rings. The quantitative estimate of drug-likeness (QED) is 0.464. The summed E-state index contributed by atoms with van der Waals surface area (Å²) in [7, 11) is -0.363. The first kappa shape index (κ1) is 21.9. The largest absolute Gasteiger partial charge is 0.494 e. The average molecular weight is 435 g/mol. The fourth-order valence-corrected chi connectivity index (χ4v) is 4.36. The molecule has 0 saturated carbocycles. The van der Waals surface area contributed by atoms with Gasteiger partial charge in [-0.05, 0) is 97.6 Å². The molecule has 1 fully saturated rings. The van der Waals surface area contributed by atoms with Crippen LogP contribution in [0.5, 0.6) is 0 Å². The van der Waals surface area contributed by atoms with Gasteiger partial charge in [0.15, 0.2) is 0 Å². The van der Waals surface area contributed by atoms with Gasteiger partial charge in [0.05, 0.1) is 16.9 Å². The highest BCUT2D eigenvalue weighted by Gasteiger charge is 2.51. The third-order valence-corrected chi connectivity index (χ3v) is 7.14. The summed E-state index contributed by atoms with van der Waals surface area (Å²) in [5, 5.41) is 8.34. The minimum atomic E-state index is -0.363. The van der Waals surface area contributed by atoms with E-state index in [1.807, 2.05) is 12.1 Å². The molecule has 0 bridgehead atoms. The van der Waals surface area contributed by atoms with Crippen LogP contribution in [0, 0.1) is 5.41 Å². The van der Waals surface area contributed by atoms with E-state index in [0.717, 1.165) is 29.4 Å². The van der Waals surface area contributed by atoms with Gasteiger partial charge >= 0.3 is 7.12 Å². The van der Waals surface area contributed by atoms with Crippen LogP contribution in [-0.4, -0.2) is 24.0 Å². The van der Waals surface area contributed by atoms with E-state index < -0.39 is 0 Å². The van der Waals surface area contributed by atoms with E-state index in [1.165, 1.54) is 22.3 Å². The van der Waals surface area contributed by atoms with E-state index >= 15 is 0 Å². The van der Waals surface area contributed by atoms with Crippen molar-refractivity contribution in [3.05, 3.63) is 101 Å².